The maximum absolute atomic E-state index is 12.6. The highest BCUT2D eigenvalue weighted by Gasteiger charge is 2.61. The van der Waals surface area contributed by atoms with Crippen molar-refractivity contribution in [3.05, 3.63) is 0 Å². The van der Waals surface area contributed by atoms with Crippen molar-refractivity contribution in [1.29, 1.82) is 0 Å². The van der Waals surface area contributed by atoms with Gasteiger partial charge in [0.15, 0.2) is 0 Å². The number of hydrogen-bond acceptors (Lipinski definition) is 1. The molecule has 1 nitrogen and oxygen atoms in total. The topological polar surface area (TPSA) is 17.1 Å². The first-order valence-electron chi connectivity index (χ1n) is 11.3. The molecule has 4 fully saturated rings. The highest BCUT2D eigenvalue weighted by atomic mass is 16.1. The molecular weight excluding hydrogens is 304 g/mol. The molecule has 0 aromatic rings. The molecule has 0 N–H and O–H groups in total. The van der Waals surface area contributed by atoms with Gasteiger partial charge in [0, 0.05) is 12.3 Å². The first-order valence-corrected chi connectivity index (χ1v) is 11.3. The molecule has 0 saturated heterocycles. The third-order valence-corrected chi connectivity index (χ3v) is 10.2. The summed E-state index contributed by atoms with van der Waals surface area (Å²) in [6.07, 6.45) is 11.8. The first kappa shape index (κ1) is 18.1. The van der Waals surface area contributed by atoms with E-state index < -0.39 is 0 Å². The molecule has 0 aliphatic heterocycles. The minimum atomic E-state index is 0.324. The van der Waals surface area contributed by atoms with Crippen molar-refractivity contribution < 1.29 is 4.79 Å². The van der Waals surface area contributed by atoms with Crippen LogP contribution in [0.4, 0.5) is 0 Å². The lowest BCUT2D eigenvalue weighted by molar-refractivity contribution is -0.139. The molecule has 0 radical (unpaired) electrons. The molecule has 0 spiro atoms. The van der Waals surface area contributed by atoms with E-state index >= 15 is 0 Å². The minimum absolute atomic E-state index is 0.324. The van der Waals surface area contributed by atoms with Gasteiger partial charge >= 0.3 is 0 Å². The predicted molar refractivity (Wildman–Crippen MR) is 104 cm³/mol. The Morgan fingerprint density at radius 3 is 2.36 bits per heavy atom. The van der Waals surface area contributed by atoms with Crippen LogP contribution < -0.4 is 0 Å². The van der Waals surface area contributed by atoms with Gasteiger partial charge in [-0.05, 0) is 97.7 Å². The summed E-state index contributed by atoms with van der Waals surface area (Å²) in [4.78, 5) is 12.6. The van der Waals surface area contributed by atoms with Crippen LogP contribution in [-0.2, 0) is 4.79 Å². The molecule has 142 valence electrons. The van der Waals surface area contributed by atoms with Crippen LogP contribution in [0.3, 0.4) is 0 Å². The van der Waals surface area contributed by atoms with Gasteiger partial charge in [-0.2, -0.15) is 0 Å². The van der Waals surface area contributed by atoms with Gasteiger partial charge in [-0.3, -0.25) is 4.79 Å². The third-order valence-electron chi connectivity index (χ3n) is 10.2. The van der Waals surface area contributed by atoms with Gasteiger partial charge < -0.3 is 0 Å². The molecule has 4 aliphatic carbocycles. The van der Waals surface area contributed by atoms with Crippen molar-refractivity contribution in [1.82, 2.24) is 0 Å². The van der Waals surface area contributed by atoms with Gasteiger partial charge in [0.1, 0.15) is 5.78 Å². The molecule has 0 aromatic carbocycles. The number of ketones is 1. The summed E-state index contributed by atoms with van der Waals surface area (Å²) >= 11 is 0. The fourth-order valence-electron chi connectivity index (χ4n) is 8.59. The van der Waals surface area contributed by atoms with E-state index in [2.05, 4.69) is 34.6 Å². The van der Waals surface area contributed by atoms with Crippen LogP contribution in [-0.4, -0.2) is 5.78 Å². The van der Waals surface area contributed by atoms with E-state index in [1.165, 1.54) is 51.4 Å². The van der Waals surface area contributed by atoms with E-state index in [0.29, 0.717) is 22.5 Å². The van der Waals surface area contributed by atoms with E-state index in [-0.39, 0.29) is 0 Å². The van der Waals surface area contributed by atoms with Gasteiger partial charge in [0.05, 0.1) is 0 Å². The Balaban J connectivity index is 1.61. The molecule has 0 heterocycles. The van der Waals surface area contributed by atoms with Crippen molar-refractivity contribution in [2.45, 2.75) is 92.4 Å². The molecule has 0 unspecified atom stereocenters. The number of carbonyl (C=O) groups excluding carboxylic acids is 1. The second kappa shape index (κ2) is 6.10. The van der Waals surface area contributed by atoms with Crippen LogP contribution in [0.5, 0.6) is 0 Å². The second-order valence-corrected chi connectivity index (χ2v) is 11.0. The molecule has 9 atom stereocenters. The highest BCUT2D eigenvalue weighted by Crippen LogP contribution is 2.68. The lowest BCUT2D eigenvalue weighted by Crippen LogP contribution is -2.54. The Bertz CT molecular complexity index is 538. The van der Waals surface area contributed by atoms with Gasteiger partial charge in [-0.1, -0.05) is 34.6 Å². The summed E-state index contributed by atoms with van der Waals surface area (Å²) in [7, 11) is 0. The molecule has 4 saturated carbocycles. The fourth-order valence-corrected chi connectivity index (χ4v) is 8.59. The number of fused-ring (bicyclic) bond motifs is 5. The van der Waals surface area contributed by atoms with Crippen LogP contribution >= 0.6 is 0 Å². The standard InChI is InChI=1S/C24H40O/c1-6-22(25)21-10-9-19-18-8-7-17-13-15(2)16(3)14-24(17,5)20(18)11-12-23(19,21)4/h15-21H,6-14H2,1-5H3/t15-,16-,17-,18-,19-,20-,21+,23-,24-/m0/s1. The quantitative estimate of drug-likeness (QED) is 0.558. The SMILES string of the molecule is CCC(=O)[C@H]1CC[C@H]2[C@@H]3CC[C@H]4C[C@H](C)[C@@H](C)C[C@]4(C)[C@H]3CC[C@]12C. The van der Waals surface area contributed by atoms with E-state index in [0.717, 1.165) is 41.9 Å². The van der Waals surface area contributed by atoms with Crippen molar-refractivity contribution >= 4 is 5.78 Å². The first-order chi connectivity index (χ1) is 11.8. The van der Waals surface area contributed by atoms with Gasteiger partial charge in [-0.25, -0.2) is 0 Å². The molecule has 4 aliphatic rings. The van der Waals surface area contributed by atoms with E-state index in [1.807, 2.05) is 0 Å². The summed E-state index contributed by atoms with van der Waals surface area (Å²) in [5, 5.41) is 0. The monoisotopic (exact) mass is 344 g/mol. The number of rotatable bonds is 2. The summed E-state index contributed by atoms with van der Waals surface area (Å²) in [6, 6.07) is 0. The van der Waals surface area contributed by atoms with Crippen LogP contribution in [0.2, 0.25) is 0 Å². The van der Waals surface area contributed by atoms with Crippen molar-refractivity contribution in [3.63, 3.8) is 0 Å². The molecule has 0 amide bonds. The Morgan fingerprint density at radius 2 is 1.64 bits per heavy atom. The second-order valence-electron chi connectivity index (χ2n) is 11.0. The van der Waals surface area contributed by atoms with Gasteiger partial charge in [0.25, 0.3) is 0 Å². The lowest BCUT2D eigenvalue weighted by Gasteiger charge is -2.62. The predicted octanol–water partition coefficient (Wildman–Crippen LogP) is 6.51. The smallest absolute Gasteiger partial charge is 0.136 e. The molecular formula is C24H40O. The average Bonchev–Trinajstić information content (AvgIpc) is 2.93. The fraction of sp³-hybridized carbons (Fsp3) is 0.958. The number of carbonyl (C=O) groups is 1. The highest BCUT2D eigenvalue weighted by molar-refractivity contribution is 5.81. The van der Waals surface area contributed by atoms with E-state index in [4.69, 9.17) is 0 Å². The van der Waals surface area contributed by atoms with Crippen molar-refractivity contribution in [2.75, 3.05) is 0 Å². The Labute approximate surface area is 155 Å². The Kier molecular flexibility index (Phi) is 4.40. The van der Waals surface area contributed by atoms with E-state index in [9.17, 15) is 4.79 Å². The average molecular weight is 345 g/mol. The van der Waals surface area contributed by atoms with Crippen LogP contribution in [0.15, 0.2) is 0 Å². The molecule has 0 bridgehead atoms. The molecule has 0 aromatic heterocycles. The van der Waals surface area contributed by atoms with Gasteiger partial charge in [-0.15, -0.1) is 0 Å². The summed E-state index contributed by atoms with van der Waals surface area (Å²) in [5.74, 6) is 6.40. The summed E-state index contributed by atoms with van der Waals surface area (Å²) in [6.45, 7) is 12.2. The third kappa shape index (κ3) is 2.50. The Hall–Kier alpha value is -0.330. The van der Waals surface area contributed by atoms with Crippen LogP contribution in [0, 0.1) is 52.3 Å². The summed E-state index contributed by atoms with van der Waals surface area (Å²) < 4.78 is 0. The maximum atomic E-state index is 12.6. The van der Waals surface area contributed by atoms with Crippen LogP contribution in [0.1, 0.15) is 92.4 Å². The largest absolute Gasteiger partial charge is 0.299 e. The van der Waals surface area contributed by atoms with Crippen molar-refractivity contribution in [3.8, 4) is 0 Å². The zero-order chi connectivity index (χ0) is 18.0. The molecule has 1 heteroatoms. The summed E-state index contributed by atoms with van der Waals surface area (Å²) in [5.41, 5.74) is 0.911. The zero-order valence-corrected chi connectivity index (χ0v) is 17.3. The number of Topliss-reactive ketones (excluding diaryl/α,β-unsaturated/α-hetero) is 1. The lowest BCUT2D eigenvalue weighted by atomic mass is 9.43. The zero-order valence-electron chi connectivity index (χ0n) is 17.3. The van der Waals surface area contributed by atoms with Crippen molar-refractivity contribution in [2.24, 2.45) is 52.3 Å². The molecule has 25 heavy (non-hydrogen) atoms. The van der Waals surface area contributed by atoms with E-state index in [1.54, 1.807) is 0 Å². The Morgan fingerprint density at radius 1 is 0.920 bits per heavy atom. The minimum Gasteiger partial charge on any atom is -0.299 e. The number of hydrogen-bond donors (Lipinski definition) is 0. The van der Waals surface area contributed by atoms with Crippen LogP contribution in [0.25, 0.3) is 0 Å². The normalized spacial score (nSPS) is 55.2. The molecule has 4 rings (SSSR count). The van der Waals surface area contributed by atoms with Gasteiger partial charge in [0.2, 0.25) is 0 Å². The maximum Gasteiger partial charge on any atom is 0.136 e.